The van der Waals surface area contributed by atoms with E-state index < -0.39 is 0 Å². The van der Waals surface area contributed by atoms with Crippen LogP contribution in [0, 0.1) is 0 Å². The molecule has 1 aliphatic rings. The predicted octanol–water partition coefficient (Wildman–Crippen LogP) is 3.48. The van der Waals surface area contributed by atoms with Crippen molar-refractivity contribution in [2.45, 2.75) is 24.2 Å². The maximum Gasteiger partial charge on any atom is 0.406 e. The third-order valence-electron chi connectivity index (χ3n) is 4.40. The predicted molar refractivity (Wildman–Crippen MR) is 108 cm³/mol. The maximum absolute atomic E-state index is 10.9. The van der Waals surface area contributed by atoms with Crippen molar-refractivity contribution in [1.29, 1.82) is 0 Å². The number of hydrogen-bond donors (Lipinski definition) is 1. The van der Waals surface area contributed by atoms with Crippen molar-refractivity contribution in [3.63, 3.8) is 0 Å². The zero-order valence-corrected chi connectivity index (χ0v) is 16.8. The molecule has 0 atom stereocenters. The lowest BCUT2D eigenvalue weighted by Gasteiger charge is -2.36. The number of anilines is 1. The van der Waals surface area contributed by atoms with Crippen LogP contribution in [-0.2, 0) is 4.74 Å². The zero-order chi connectivity index (χ0) is 17.2. The molecule has 1 N–H and O–H groups in total. The number of para-hydroxylation sites is 1. The number of nitrogens with one attached hydrogen (secondary N) is 1. The number of methoxy groups -OCH3 is 1. The minimum Gasteiger partial charge on any atom is -0.453 e. The number of alkyl carbamates (subject to hydrolysis) is 1. The van der Waals surface area contributed by atoms with E-state index in [2.05, 4.69) is 50.4 Å². The molecule has 5 nitrogen and oxygen atoms in total. The smallest absolute Gasteiger partial charge is 0.406 e. The molecule has 0 unspecified atom stereocenters. The Bertz CT molecular complexity index is 511. The molecule has 1 saturated heterocycles. The maximum atomic E-state index is 10.9. The standard InChI is InChI=1S/C18H29N3O2S.ClH/c1-23-18(22)19-10-6-3-7-11-20-12-14-21(15-13-20)16-8-4-5-9-17(16)24-2;/h4-5,8-9H,3,6-7,10-15H2,1-2H3,(H,19,22);1H. The third-order valence-corrected chi connectivity index (χ3v) is 5.19. The Hall–Kier alpha value is -1.11. The number of hydrogen-bond acceptors (Lipinski definition) is 5. The summed E-state index contributed by atoms with van der Waals surface area (Å²) in [4.78, 5) is 17.4. The Labute approximate surface area is 161 Å². The summed E-state index contributed by atoms with van der Waals surface area (Å²) in [5, 5.41) is 2.72. The fourth-order valence-electron chi connectivity index (χ4n) is 3.00. The van der Waals surface area contributed by atoms with E-state index in [1.807, 2.05) is 11.8 Å². The van der Waals surface area contributed by atoms with E-state index >= 15 is 0 Å². The number of rotatable bonds is 8. The van der Waals surface area contributed by atoms with Crippen molar-refractivity contribution in [2.24, 2.45) is 0 Å². The number of benzene rings is 1. The number of halogens is 1. The molecule has 142 valence electrons. The number of nitrogens with zero attached hydrogens (tertiary/aromatic N) is 2. The third kappa shape index (κ3) is 7.34. The molecule has 0 bridgehead atoms. The van der Waals surface area contributed by atoms with Crippen LogP contribution in [0.4, 0.5) is 10.5 Å². The highest BCUT2D eigenvalue weighted by molar-refractivity contribution is 7.98. The highest BCUT2D eigenvalue weighted by atomic mass is 35.5. The summed E-state index contributed by atoms with van der Waals surface area (Å²) in [5.74, 6) is 0. The van der Waals surface area contributed by atoms with Gasteiger partial charge in [0, 0.05) is 37.6 Å². The van der Waals surface area contributed by atoms with Gasteiger partial charge in [0.15, 0.2) is 0 Å². The first kappa shape index (κ1) is 21.9. The van der Waals surface area contributed by atoms with Crippen LogP contribution in [0.2, 0.25) is 0 Å². The molecule has 0 saturated carbocycles. The molecule has 7 heteroatoms. The Balaban J connectivity index is 0.00000312. The number of carbonyl (C=O) groups is 1. The number of piperazine rings is 1. The van der Waals surface area contributed by atoms with Crippen LogP contribution in [-0.4, -0.2) is 63.6 Å². The van der Waals surface area contributed by atoms with Gasteiger partial charge in [-0.05, 0) is 37.8 Å². The summed E-state index contributed by atoms with van der Waals surface area (Å²) < 4.78 is 4.55. The van der Waals surface area contributed by atoms with Gasteiger partial charge >= 0.3 is 6.09 Å². The van der Waals surface area contributed by atoms with E-state index in [4.69, 9.17) is 0 Å². The normalized spacial score (nSPS) is 14.7. The van der Waals surface area contributed by atoms with Crippen LogP contribution in [0.5, 0.6) is 0 Å². The fourth-order valence-corrected chi connectivity index (χ4v) is 3.62. The number of ether oxygens (including phenoxy) is 1. The second-order valence-corrected chi connectivity index (χ2v) is 6.83. The summed E-state index contributed by atoms with van der Waals surface area (Å²) in [6, 6.07) is 8.68. The van der Waals surface area contributed by atoms with E-state index in [-0.39, 0.29) is 18.5 Å². The Morgan fingerprint density at radius 3 is 2.56 bits per heavy atom. The molecule has 1 amide bonds. The van der Waals surface area contributed by atoms with Gasteiger partial charge in [0.2, 0.25) is 0 Å². The number of amides is 1. The summed E-state index contributed by atoms with van der Waals surface area (Å²) >= 11 is 1.82. The van der Waals surface area contributed by atoms with E-state index in [9.17, 15) is 4.79 Å². The molecule has 1 aliphatic heterocycles. The first-order chi connectivity index (χ1) is 11.7. The second-order valence-electron chi connectivity index (χ2n) is 5.98. The molecule has 0 spiro atoms. The highest BCUT2D eigenvalue weighted by Crippen LogP contribution is 2.28. The van der Waals surface area contributed by atoms with Crippen molar-refractivity contribution in [3.8, 4) is 0 Å². The van der Waals surface area contributed by atoms with Gasteiger partial charge in [-0.15, -0.1) is 24.2 Å². The summed E-state index contributed by atoms with van der Waals surface area (Å²) in [6.45, 7) is 6.30. The number of thioether (sulfide) groups is 1. The largest absolute Gasteiger partial charge is 0.453 e. The molecule has 0 aromatic heterocycles. The first-order valence-electron chi connectivity index (χ1n) is 8.66. The average molecular weight is 388 g/mol. The molecule has 1 aromatic carbocycles. The Morgan fingerprint density at radius 1 is 1.16 bits per heavy atom. The molecule has 0 radical (unpaired) electrons. The van der Waals surface area contributed by atoms with E-state index in [1.54, 1.807) is 0 Å². The number of unbranched alkanes of at least 4 members (excludes halogenated alkanes) is 2. The van der Waals surface area contributed by atoms with Crippen molar-refractivity contribution >= 4 is 35.9 Å². The lowest BCUT2D eigenvalue weighted by atomic mass is 10.2. The van der Waals surface area contributed by atoms with Crippen molar-refractivity contribution in [3.05, 3.63) is 24.3 Å². The Kier molecular flexibility index (Phi) is 10.8. The quantitative estimate of drug-likeness (QED) is 0.546. The summed E-state index contributed by atoms with van der Waals surface area (Å²) in [5.41, 5.74) is 1.37. The zero-order valence-electron chi connectivity index (χ0n) is 15.2. The second kappa shape index (κ2) is 12.3. The van der Waals surface area contributed by atoms with Gasteiger partial charge in [0.05, 0.1) is 12.8 Å². The van der Waals surface area contributed by atoms with Gasteiger partial charge < -0.3 is 15.0 Å². The summed E-state index contributed by atoms with van der Waals surface area (Å²) in [6.07, 6.45) is 5.14. The van der Waals surface area contributed by atoms with E-state index in [0.29, 0.717) is 6.54 Å². The van der Waals surface area contributed by atoms with E-state index in [0.717, 1.165) is 45.6 Å². The van der Waals surface area contributed by atoms with Gasteiger partial charge in [-0.3, -0.25) is 4.90 Å². The molecule has 1 fully saturated rings. The average Bonchev–Trinajstić information content (AvgIpc) is 2.64. The fraction of sp³-hybridized carbons (Fsp3) is 0.611. The van der Waals surface area contributed by atoms with Crippen LogP contribution in [0.15, 0.2) is 29.2 Å². The van der Waals surface area contributed by atoms with Crippen molar-refractivity contribution in [1.82, 2.24) is 10.2 Å². The molecule has 0 aliphatic carbocycles. The summed E-state index contributed by atoms with van der Waals surface area (Å²) in [7, 11) is 1.40. The minimum absolute atomic E-state index is 0. The number of carbonyl (C=O) groups excluding carboxylic acids is 1. The minimum atomic E-state index is -0.336. The van der Waals surface area contributed by atoms with Gasteiger partial charge in [-0.2, -0.15) is 0 Å². The topological polar surface area (TPSA) is 44.8 Å². The Morgan fingerprint density at radius 2 is 1.88 bits per heavy atom. The lowest BCUT2D eigenvalue weighted by Crippen LogP contribution is -2.46. The molecular weight excluding hydrogens is 358 g/mol. The SMILES string of the molecule is COC(=O)NCCCCCN1CCN(c2ccccc2SC)CC1.Cl. The van der Waals surface area contributed by atoms with Gasteiger partial charge in [-0.1, -0.05) is 18.6 Å². The molecular formula is C18H30ClN3O2S. The van der Waals surface area contributed by atoms with Gasteiger partial charge in [0.25, 0.3) is 0 Å². The van der Waals surface area contributed by atoms with Gasteiger partial charge in [-0.25, -0.2) is 4.79 Å². The van der Waals surface area contributed by atoms with Crippen molar-refractivity contribution < 1.29 is 9.53 Å². The van der Waals surface area contributed by atoms with Crippen LogP contribution in [0.1, 0.15) is 19.3 Å². The lowest BCUT2D eigenvalue weighted by molar-refractivity contribution is 0.170. The van der Waals surface area contributed by atoms with Crippen LogP contribution in [0.25, 0.3) is 0 Å². The first-order valence-corrected chi connectivity index (χ1v) is 9.89. The molecule has 1 aromatic rings. The van der Waals surface area contributed by atoms with E-state index in [1.165, 1.54) is 24.1 Å². The van der Waals surface area contributed by atoms with Crippen LogP contribution >= 0.6 is 24.2 Å². The van der Waals surface area contributed by atoms with Crippen LogP contribution in [0.3, 0.4) is 0 Å². The van der Waals surface area contributed by atoms with Crippen LogP contribution < -0.4 is 10.2 Å². The monoisotopic (exact) mass is 387 g/mol. The highest BCUT2D eigenvalue weighted by Gasteiger charge is 2.18. The van der Waals surface area contributed by atoms with Crippen molar-refractivity contribution in [2.75, 3.05) is 57.5 Å². The van der Waals surface area contributed by atoms with Gasteiger partial charge in [0.1, 0.15) is 0 Å². The molecule has 2 rings (SSSR count). The molecule has 25 heavy (non-hydrogen) atoms. The molecule has 1 heterocycles.